The number of rotatable bonds is 4. The second-order valence-electron chi connectivity index (χ2n) is 5.48. The normalized spacial score (nSPS) is 25.8. The van der Waals surface area contributed by atoms with Gasteiger partial charge in [-0.05, 0) is 19.8 Å². The van der Waals surface area contributed by atoms with Crippen molar-refractivity contribution in [2.75, 3.05) is 6.61 Å². The fourth-order valence-corrected chi connectivity index (χ4v) is 2.54. The van der Waals surface area contributed by atoms with Crippen molar-refractivity contribution < 1.29 is 9.52 Å². The lowest BCUT2D eigenvalue weighted by Gasteiger charge is -2.38. The maximum Gasteiger partial charge on any atom is 0.230 e. The molecule has 0 aromatic carbocycles. The molecule has 0 radical (unpaired) electrons. The molecule has 2 rings (SSSR count). The van der Waals surface area contributed by atoms with Gasteiger partial charge in [-0.15, -0.1) is 10.2 Å². The van der Waals surface area contributed by atoms with E-state index in [1.54, 1.807) is 0 Å². The van der Waals surface area contributed by atoms with Crippen LogP contribution < -0.4 is 0 Å². The summed E-state index contributed by atoms with van der Waals surface area (Å²) < 4.78 is 5.64. The van der Waals surface area contributed by atoms with Crippen molar-refractivity contribution in [1.82, 2.24) is 15.1 Å². The van der Waals surface area contributed by atoms with Gasteiger partial charge in [0.2, 0.25) is 11.8 Å². The lowest BCUT2D eigenvalue weighted by atomic mass is 9.97. The molecule has 1 N–H and O–H groups in total. The minimum Gasteiger partial charge on any atom is -0.424 e. The van der Waals surface area contributed by atoms with Crippen molar-refractivity contribution in [2.45, 2.75) is 64.6 Å². The number of likely N-dealkylation sites (tertiary alicyclic amines) is 1. The molecule has 102 valence electrons. The maximum absolute atomic E-state index is 9.44. The van der Waals surface area contributed by atoms with Crippen molar-refractivity contribution in [1.29, 1.82) is 0 Å². The Balaban J connectivity index is 2.05. The molecule has 2 heterocycles. The summed E-state index contributed by atoms with van der Waals surface area (Å²) in [6.45, 7) is 7.12. The smallest absolute Gasteiger partial charge is 0.230 e. The van der Waals surface area contributed by atoms with Gasteiger partial charge in [-0.1, -0.05) is 20.3 Å². The third-order valence-electron chi connectivity index (χ3n) is 3.70. The Morgan fingerprint density at radius 3 is 2.78 bits per heavy atom. The summed E-state index contributed by atoms with van der Waals surface area (Å²) in [6, 6.07) is 0.688. The Bertz CT molecular complexity index is 378. The first-order valence-electron chi connectivity index (χ1n) is 6.80. The molecular formula is C13H23N3O2. The van der Waals surface area contributed by atoms with Gasteiger partial charge in [-0.2, -0.15) is 0 Å². The summed E-state index contributed by atoms with van der Waals surface area (Å²) in [6.07, 6.45) is 3.40. The monoisotopic (exact) mass is 253 g/mol. The first kappa shape index (κ1) is 13.5. The Kier molecular flexibility index (Phi) is 4.35. The number of aromatic nitrogens is 2. The fraction of sp³-hybridized carbons (Fsp3) is 0.846. The van der Waals surface area contributed by atoms with Crippen LogP contribution in [0.4, 0.5) is 0 Å². The number of hydrogen-bond donors (Lipinski definition) is 1. The van der Waals surface area contributed by atoms with E-state index in [0.717, 1.165) is 6.42 Å². The van der Waals surface area contributed by atoms with Crippen LogP contribution in [0.2, 0.25) is 0 Å². The molecule has 1 aromatic rings. The summed E-state index contributed by atoms with van der Waals surface area (Å²) in [5.41, 5.74) is 0. The zero-order chi connectivity index (χ0) is 13.1. The van der Waals surface area contributed by atoms with E-state index in [2.05, 4.69) is 22.0 Å². The van der Waals surface area contributed by atoms with Gasteiger partial charge in [-0.25, -0.2) is 0 Å². The van der Waals surface area contributed by atoms with Crippen molar-refractivity contribution in [2.24, 2.45) is 0 Å². The van der Waals surface area contributed by atoms with Crippen LogP contribution in [0.25, 0.3) is 0 Å². The summed E-state index contributed by atoms with van der Waals surface area (Å²) in [5.74, 6) is 1.61. The van der Waals surface area contributed by atoms with Crippen LogP contribution in [0.15, 0.2) is 4.42 Å². The molecular weight excluding hydrogens is 230 g/mol. The molecule has 5 heteroatoms. The first-order valence-corrected chi connectivity index (χ1v) is 6.80. The van der Waals surface area contributed by atoms with Gasteiger partial charge in [0.15, 0.2) is 0 Å². The van der Waals surface area contributed by atoms with Crippen LogP contribution in [0.5, 0.6) is 0 Å². The molecule has 18 heavy (non-hydrogen) atoms. The minimum atomic E-state index is 0.204. The van der Waals surface area contributed by atoms with Crippen LogP contribution in [0.3, 0.4) is 0 Å². The van der Waals surface area contributed by atoms with E-state index in [-0.39, 0.29) is 18.6 Å². The van der Waals surface area contributed by atoms with Crippen LogP contribution in [0, 0.1) is 0 Å². The third kappa shape index (κ3) is 2.90. The second kappa shape index (κ2) is 5.80. The number of piperidine rings is 1. The molecule has 2 unspecified atom stereocenters. The number of aliphatic hydroxyl groups excluding tert-OH is 1. The van der Waals surface area contributed by atoms with Gasteiger partial charge < -0.3 is 9.52 Å². The topological polar surface area (TPSA) is 62.4 Å². The average molecular weight is 253 g/mol. The molecule has 1 aliphatic rings. The predicted molar refractivity (Wildman–Crippen MR) is 68.1 cm³/mol. The van der Waals surface area contributed by atoms with Gasteiger partial charge >= 0.3 is 0 Å². The summed E-state index contributed by atoms with van der Waals surface area (Å²) in [4.78, 5) is 2.28. The lowest BCUT2D eigenvalue weighted by Crippen LogP contribution is -2.46. The Morgan fingerprint density at radius 2 is 2.17 bits per heavy atom. The quantitative estimate of drug-likeness (QED) is 0.888. The standard InChI is InChI=1S/C13H23N3O2/c1-9(2)13-15-14-12(18-13)7-16-10(3)5-4-6-11(16)8-17/h9-11,17H,4-8H2,1-3H3. The van der Waals surface area contributed by atoms with Crippen molar-refractivity contribution in [3.8, 4) is 0 Å². The Morgan fingerprint density at radius 1 is 1.39 bits per heavy atom. The average Bonchev–Trinajstić information content (AvgIpc) is 2.80. The second-order valence-corrected chi connectivity index (χ2v) is 5.48. The molecule has 0 spiro atoms. The predicted octanol–water partition coefficient (Wildman–Crippen LogP) is 1.93. The molecule has 0 saturated carbocycles. The Hall–Kier alpha value is -0.940. The molecule has 2 atom stereocenters. The summed E-state index contributed by atoms with van der Waals surface area (Å²) in [5, 5.41) is 17.6. The highest BCUT2D eigenvalue weighted by Gasteiger charge is 2.28. The molecule has 1 aliphatic heterocycles. The van der Waals surface area contributed by atoms with E-state index in [1.165, 1.54) is 12.8 Å². The number of hydrogen-bond acceptors (Lipinski definition) is 5. The molecule has 1 aromatic heterocycles. The van der Waals surface area contributed by atoms with Gasteiger partial charge in [0, 0.05) is 18.0 Å². The van der Waals surface area contributed by atoms with Gasteiger partial charge in [0.25, 0.3) is 0 Å². The summed E-state index contributed by atoms with van der Waals surface area (Å²) in [7, 11) is 0. The number of aliphatic hydroxyl groups is 1. The van der Waals surface area contributed by atoms with Crippen molar-refractivity contribution >= 4 is 0 Å². The molecule has 1 saturated heterocycles. The van der Waals surface area contributed by atoms with Gasteiger partial charge in [0.1, 0.15) is 0 Å². The highest BCUT2D eigenvalue weighted by molar-refractivity contribution is 4.90. The van der Waals surface area contributed by atoms with E-state index in [1.807, 2.05) is 13.8 Å². The largest absolute Gasteiger partial charge is 0.424 e. The van der Waals surface area contributed by atoms with Crippen molar-refractivity contribution in [3.63, 3.8) is 0 Å². The molecule has 0 aliphatic carbocycles. The van der Waals surface area contributed by atoms with Crippen LogP contribution in [-0.2, 0) is 6.54 Å². The zero-order valence-electron chi connectivity index (χ0n) is 11.5. The van der Waals surface area contributed by atoms with E-state index in [4.69, 9.17) is 4.42 Å². The van der Waals surface area contributed by atoms with E-state index in [0.29, 0.717) is 24.4 Å². The fourth-order valence-electron chi connectivity index (χ4n) is 2.54. The van der Waals surface area contributed by atoms with Crippen molar-refractivity contribution in [3.05, 3.63) is 11.8 Å². The van der Waals surface area contributed by atoms with Gasteiger partial charge in [0.05, 0.1) is 13.2 Å². The molecule has 5 nitrogen and oxygen atoms in total. The third-order valence-corrected chi connectivity index (χ3v) is 3.70. The maximum atomic E-state index is 9.44. The van der Waals surface area contributed by atoms with E-state index >= 15 is 0 Å². The van der Waals surface area contributed by atoms with E-state index in [9.17, 15) is 5.11 Å². The van der Waals surface area contributed by atoms with Crippen LogP contribution in [0.1, 0.15) is 57.7 Å². The lowest BCUT2D eigenvalue weighted by molar-refractivity contribution is 0.0382. The first-order chi connectivity index (χ1) is 8.61. The van der Waals surface area contributed by atoms with Gasteiger partial charge in [-0.3, -0.25) is 4.90 Å². The molecule has 0 amide bonds. The minimum absolute atomic E-state index is 0.204. The Labute approximate surface area is 108 Å². The molecule has 0 bridgehead atoms. The molecule has 1 fully saturated rings. The zero-order valence-corrected chi connectivity index (χ0v) is 11.5. The van der Waals surface area contributed by atoms with Crippen LogP contribution in [-0.4, -0.2) is 38.9 Å². The van der Waals surface area contributed by atoms with Crippen LogP contribution >= 0.6 is 0 Å². The SMILES string of the molecule is CC(C)c1nnc(CN2C(C)CCCC2CO)o1. The van der Waals surface area contributed by atoms with E-state index < -0.39 is 0 Å². The number of nitrogens with zero attached hydrogens (tertiary/aromatic N) is 3. The highest BCUT2D eigenvalue weighted by Crippen LogP contribution is 2.24. The summed E-state index contributed by atoms with van der Waals surface area (Å²) >= 11 is 0. The highest BCUT2D eigenvalue weighted by atomic mass is 16.4.